The highest BCUT2D eigenvalue weighted by Crippen LogP contribution is 2.25. The number of rotatable bonds is 1. The Labute approximate surface area is 89.6 Å². The van der Waals surface area contributed by atoms with Gasteiger partial charge < -0.3 is 10.8 Å². The van der Waals surface area contributed by atoms with Crippen molar-refractivity contribution < 1.29 is 5.11 Å². The lowest BCUT2D eigenvalue weighted by atomic mass is 9.93. The van der Waals surface area contributed by atoms with Crippen LogP contribution in [0.15, 0.2) is 18.2 Å². The fraction of sp³-hybridized carbons (Fsp3) is 0.300. The van der Waals surface area contributed by atoms with Crippen LogP contribution < -0.4 is 5.73 Å². The van der Waals surface area contributed by atoms with E-state index >= 15 is 0 Å². The van der Waals surface area contributed by atoms with E-state index in [9.17, 15) is 5.11 Å². The molecule has 0 aliphatic carbocycles. The Kier molecular flexibility index (Phi) is 3.93. The molecule has 0 saturated heterocycles. The molecule has 76 valence electrons. The van der Waals surface area contributed by atoms with Crippen molar-refractivity contribution in [1.29, 1.82) is 5.26 Å². The van der Waals surface area contributed by atoms with Crippen LogP contribution in [0.4, 0.5) is 5.69 Å². The van der Waals surface area contributed by atoms with Gasteiger partial charge in [-0.05, 0) is 32.0 Å². The maximum Gasteiger partial charge on any atom is 0.0995 e. The van der Waals surface area contributed by atoms with Gasteiger partial charge in [-0.15, -0.1) is 12.4 Å². The number of hydrogen-bond acceptors (Lipinski definition) is 3. The molecule has 0 aliphatic rings. The number of aliphatic hydroxyl groups is 1. The second-order valence-electron chi connectivity index (χ2n) is 3.48. The molecule has 0 spiro atoms. The summed E-state index contributed by atoms with van der Waals surface area (Å²) in [5, 5.41) is 18.5. The molecule has 3 nitrogen and oxygen atoms in total. The molecular weight excluding hydrogens is 200 g/mol. The molecular formula is C10H13ClN2O. The lowest BCUT2D eigenvalue weighted by Crippen LogP contribution is -2.17. The van der Waals surface area contributed by atoms with Gasteiger partial charge in [0.1, 0.15) is 0 Å². The van der Waals surface area contributed by atoms with E-state index in [2.05, 4.69) is 0 Å². The third-order valence-corrected chi connectivity index (χ3v) is 1.82. The van der Waals surface area contributed by atoms with Crippen molar-refractivity contribution in [1.82, 2.24) is 0 Å². The first-order chi connectivity index (χ1) is 5.95. The van der Waals surface area contributed by atoms with E-state index in [0.29, 0.717) is 16.8 Å². The Hall–Kier alpha value is -1.24. The third-order valence-electron chi connectivity index (χ3n) is 1.82. The summed E-state index contributed by atoms with van der Waals surface area (Å²) >= 11 is 0. The first kappa shape index (κ1) is 12.8. The summed E-state index contributed by atoms with van der Waals surface area (Å²) in [6.07, 6.45) is 0. The number of anilines is 1. The Morgan fingerprint density at radius 2 is 2.00 bits per heavy atom. The lowest BCUT2D eigenvalue weighted by Gasteiger charge is -2.19. The number of nitrogens with zero attached hydrogens (tertiary/aromatic N) is 1. The summed E-state index contributed by atoms with van der Waals surface area (Å²) in [7, 11) is 0. The van der Waals surface area contributed by atoms with Gasteiger partial charge in [-0.1, -0.05) is 0 Å². The molecule has 1 rings (SSSR count). The van der Waals surface area contributed by atoms with E-state index < -0.39 is 5.60 Å². The molecule has 0 aromatic heterocycles. The quantitative estimate of drug-likeness (QED) is 0.698. The number of nitriles is 1. The van der Waals surface area contributed by atoms with Crippen LogP contribution in [0, 0.1) is 11.3 Å². The second kappa shape index (κ2) is 4.32. The molecule has 0 atom stereocenters. The Bertz CT molecular complexity index is 363. The van der Waals surface area contributed by atoms with Gasteiger partial charge in [0.25, 0.3) is 0 Å². The largest absolute Gasteiger partial charge is 0.399 e. The van der Waals surface area contributed by atoms with E-state index in [4.69, 9.17) is 11.0 Å². The summed E-state index contributed by atoms with van der Waals surface area (Å²) in [6.45, 7) is 3.26. The van der Waals surface area contributed by atoms with E-state index in [0.717, 1.165) is 0 Å². The zero-order chi connectivity index (χ0) is 10.1. The van der Waals surface area contributed by atoms with Crippen LogP contribution in [0.5, 0.6) is 0 Å². The molecule has 0 fully saturated rings. The number of benzene rings is 1. The van der Waals surface area contributed by atoms with Crippen molar-refractivity contribution in [2.45, 2.75) is 19.4 Å². The van der Waals surface area contributed by atoms with Crippen LogP contribution in [-0.4, -0.2) is 5.11 Å². The molecule has 4 heteroatoms. The van der Waals surface area contributed by atoms with E-state index in [1.807, 2.05) is 6.07 Å². The zero-order valence-electron chi connectivity index (χ0n) is 8.11. The highest BCUT2D eigenvalue weighted by atomic mass is 35.5. The third kappa shape index (κ3) is 2.63. The fourth-order valence-electron chi connectivity index (χ4n) is 1.17. The van der Waals surface area contributed by atoms with Crippen LogP contribution in [0.25, 0.3) is 0 Å². The number of hydrogen-bond donors (Lipinski definition) is 2. The van der Waals surface area contributed by atoms with Crippen molar-refractivity contribution in [3.8, 4) is 6.07 Å². The summed E-state index contributed by atoms with van der Waals surface area (Å²) < 4.78 is 0. The molecule has 0 radical (unpaired) electrons. The fourth-order valence-corrected chi connectivity index (χ4v) is 1.17. The molecule has 0 heterocycles. The van der Waals surface area contributed by atoms with Crippen LogP contribution >= 0.6 is 12.4 Å². The lowest BCUT2D eigenvalue weighted by molar-refractivity contribution is 0.0784. The van der Waals surface area contributed by atoms with Gasteiger partial charge in [0.2, 0.25) is 0 Å². The number of nitrogens with two attached hydrogens (primary N) is 1. The average Bonchev–Trinajstić information content (AvgIpc) is 2.03. The molecule has 1 aromatic rings. The summed E-state index contributed by atoms with van der Waals surface area (Å²) in [5.74, 6) is 0. The molecule has 0 unspecified atom stereocenters. The zero-order valence-corrected chi connectivity index (χ0v) is 8.93. The van der Waals surface area contributed by atoms with Gasteiger partial charge in [0.05, 0.1) is 17.2 Å². The molecule has 1 aromatic carbocycles. The predicted octanol–water partition coefficient (Wildman–Crippen LogP) is 1.79. The molecule has 0 aliphatic heterocycles. The summed E-state index contributed by atoms with van der Waals surface area (Å²) in [5.41, 5.74) is 6.11. The van der Waals surface area contributed by atoms with Gasteiger partial charge in [-0.3, -0.25) is 0 Å². The predicted molar refractivity (Wildman–Crippen MR) is 58.1 cm³/mol. The van der Waals surface area contributed by atoms with E-state index in [-0.39, 0.29) is 12.4 Å². The van der Waals surface area contributed by atoms with Crippen molar-refractivity contribution in [3.05, 3.63) is 29.3 Å². The molecule has 3 N–H and O–H groups in total. The summed E-state index contributed by atoms with van der Waals surface area (Å²) in [4.78, 5) is 0. The highest BCUT2D eigenvalue weighted by Gasteiger charge is 2.19. The highest BCUT2D eigenvalue weighted by molar-refractivity contribution is 5.85. The monoisotopic (exact) mass is 212 g/mol. The van der Waals surface area contributed by atoms with E-state index in [1.165, 1.54) is 0 Å². The smallest absolute Gasteiger partial charge is 0.0995 e. The van der Waals surface area contributed by atoms with Gasteiger partial charge in [0, 0.05) is 11.3 Å². The molecule has 0 bridgehead atoms. The van der Waals surface area contributed by atoms with Gasteiger partial charge in [0.15, 0.2) is 0 Å². The maximum absolute atomic E-state index is 9.72. The Balaban J connectivity index is 0.00000169. The SMILES string of the molecule is CC(C)(O)c1cc(N)ccc1C#N.Cl. The standard InChI is InChI=1S/C10H12N2O.ClH/c1-10(2,13)9-5-8(12)4-3-7(9)6-11;/h3-5,13H,12H2,1-2H3;1H. The summed E-state index contributed by atoms with van der Waals surface area (Å²) in [6, 6.07) is 6.90. The van der Waals surface area contributed by atoms with Crippen molar-refractivity contribution >= 4 is 18.1 Å². The molecule has 0 saturated carbocycles. The number of nitrogen functional groups attached to an aromatic ring is 1. The van der Waals surface area contributed by atoms with Crippen LogP contribution in [-0.2, 0) is 5.60 Å². The first-order valence-electron chi connectivity index (χ1n) is 3.97. The van der Waals surface area contributed by atoms with Crippen molar-refractivity contribution in [2.24, 2.45) is 0 Å². The molecule has 0 amide bonds. The van der Waals surface area contributed by atoms with Crippen LogP contribution in [0.3, 0.4) is 0 Å². The minimum absolute atomic E-state index is 0. The van der Waals surface area contributed by atoms with Gasteiger partial charge in [-0.25, -0.2) is 0 Å². The number of halogens is 1. The minimum atomic E-state index is -1.03. The van der Waals surface area contributed by atoms with Crippen molar-refractivity contribution in [2.75, 3.05) is 5.73 Å². The Morgan fingerprint density at radius 3 is 2.43 bits per heavy atom. The van der Waals surface area contributed by atoms with Gasteiger partial charge >= 0.3 is 0 Å². The topological polar surface area (TPSA) is 70.0 Å². The maximum atomic E-state index is 9.72. The van der Waals surface area contributed by atoms with Crippen LogP contribution in [0.1, 0.15) is 25.0 Å². The molecule has 14 heavy (non-hydrogen) atoms. The Morgan fingerprint density at radius 1 is 1.43 bits per heavy atom. The van der Waals surface area contributed by atoms with Crippen LogP contribution in [0.2, 0.25) is 0 Å². The van der Waals surface area contributed by atoms with E-state index in [1.54, 1.807) is 32.0 Å². The average molecular weight is 213 g/mol. The second-order valence-corrected chi connectivity index (χ2v) is 3.48. The van der Waals surface area contributed by atoms with Gasteiger partial charge in [-0.2, -0.15) is 5.26 Å². The normalized spacial score (nSPS) is 10.1. The van der Waals surface area contributed by atoms with Crippen molar-refractivity contribution in [3.63, 3.8) is 0 Å². The first-order valence-corrected chi connectivity index (χ1v) is 3.97. The minimum Gasteiger partial charge on any atom is -0.399 e.